The third-order valence-electron chi connectivity index (χ3n) is 2.76. The molecule has 2 heterocycles. The Morgan fingerprint density at radius 2 is 2.10 bits per heavy atom. The lowest BCUT2D eigenvalue weighted by Gasteiger charge is -2.11. The normalized spacial score (nSPS) is 10.2. The minimum absolute atomic E-state index is 0.117. The van der Waals surface area contributed by atoms with E-state index >= 15 is 0 Å². The molecule has 0 aliphatic heterocycles. The van der Waals surface area contributed by atoms with Crippen LogP contribution in [0.1, 0.15) is 26.7 Å². The molecule has 0 unspecified atom stereocenters. The van der Waals surface area contributed by atoms with Crippen LogP contribution in [0.15, 0.2) is 34.9 Å². The highest BCUT2D eigenvalue weighted by Crippen LogP contribution is 2.11. The molecule has 0 saturated heterocycles. The average molecular weight is 289 g/mol. The van der Waals surface area contributed by atoms with Gasteiger partial charge in [-0.15, -0.1) is 0 Å². The number of furan rings is 1. The summed E-state index contributed by atoms with van der Waals surface area (Å²) in [7, 11) is 3.67. The maximum absolute atomic E-state index is 12.0. The maximum Gasteiger partial charge on any atom is 0.371 e. The average Bonchev–Trinajstić information content (AvgIpc) is 2.94. The number of amides is 1. The lowest BCUT2D eigenvalue weighted by Crippen LogP contribution is -2.23. The van der Waals surface area contributed by atoms with Crippen LogP contribution >= 0.6 is 0 Å². The van der Waals surface area contributed by atoms with Gasteiger partial charge in [-0.2, -0.15) is 0 Å². The van der Waals surface area contributed by atoms with Gasteiger partial charge in [0.05, 0.1) is 6.54 Å². The third-order valence-corrected chi connectivity index (χ3v) is 2.76. The number of carboxylic acid groups (broad SMARTS) is 1. The SMILES string of the molecule is CN(C)c1cc(C(=O)NCc2ccc(C(=O)O)o2)ccn1. The van der Waals surface area contributed by atoms with Gasteiger partial charge < -0.3 is 19.7 Å². The lowest BCUT2D eigenvalue weighted by molar-refractivity contribution is 0.0660. The van der Waals surface area contributed by atoms with E-state index in [1.54, 1.807) is 23.2 Å². The van der Waals surface area contributed by atoms with Crippen molar-refractivity contribution in [2.45, 2.75) is 6.54 Å². The number of carbonyl (C=O) groups is 2. The summed E-state index contributed by atoms with van der Waals surface area (Å²) >= 11 is 0. The molecular formula is C14H15N3O4. The van der Waals surface area contributed by atoms with Crippen molar-refractivity contribution < 1.29 is 19.1 Å². The van der Waals surface area contributed by atoms with Crippen molar-refractivity contribution in [3.8, 4) is 0 Å². The van der Waals surface area contributed by atoms with Gasteiger partial charge in [0.2, 0.25) is 5.76 Å². The Bertz CT molecular complexity index is 664. The molecule has 0 fully saturated rings. The highest BCUT2D eigenvalue weighted by Gasteiger charge is 2.11. The van der Waals surface area contributed by atoms with Crippen molar-refractivity contribution in [3.63, 3.8) is 0 Å². The number of hydrogen-bond donors (Lipinski definition) is 2. The molecule has 110 valence electrons. The van der Waals surface area contributed by atoms with Gasteiger partial charge in [-0.3, -0.25) is 4.79 Å². The van der Waals surface area contributed by atoms with Crippen molar-refractivity contribution in [1.29, 1.82) is 0 Å². The van der Waals surface area contributed by atoms with Gasteiger partial charge in [-0.05, 0) is 24.3 Å². The van der Waals surface area contributed by atoms with Crippen molar-refractivity contribution in [1.82, 2.24) is 10.3 Å². The molecular weight excluding hydrogens is 274 g/mol. The molecule has 21 heavy (non-hydrogen) atoms. The fraction of sp³-hybridized carbons (Fsp3) is 0.214. The van der Waals surface area contributed by atoms with Crippen molar-refractivity contribution in [3.05, 3.63) is 47.5 Å². The largest absolute Gasteiger partial charge is 0.475 e. The highest BCUT2D eigenvalue weighted by molar-refractivity contribution is 5.94. The first-order valence-corrected chi connectivity index (χ1v) is 6.21. The van der Waals surface area contributed by atoms with Crippen LogP contribution in [-0.4, -0.2) is 36.1 Å². The lowest BCUT2D eigenvalue weighted by atomic mass is 10.2. The standard InChI is InChI=1S/C14H15N3O4/c1-17(2)12-7-9(5-6-15-12)13(18)16-8-10-3-4-11(21-10)14(19)20/h3-7H,8H2,1-2H3,(H,16,18)(H,19,20). The van der Waals surface area contributed by atoms with E-state index in [1.165, 1.54) is 12.1 Å². The zero-order valence-corrected chi connectivity index (χ0v) is 11.7. The van der Waals surface area contributed by atoms with E-state index in [0.717, 1.165) is 0 Å². The van der Waals surface area contributed by atoms with Gasteiger partial charge in [0, 0.05) is 25.9 Å². The summed E-state index contributed by atoms with van der Waals surface area (Å²) < 4.78 is 5.06. The second kappa shape index (κ2) is 6.08. The summed E-state index contributed by atoms with van der Waals surface area (Å²) in [6.07, 6.45) is 1.56. The predicted octanol–water partition coefficient (Wildman–Crippen LogP) is 1.37. The minimum atomic E-state index is -1.14. The monoisotopic (exact) mass is 289 g/mol. The number of carbonyl (C=O) groups excluding carboxylic acids is 1. The van der Waals surface area contributed by atoms with Crippen molar-refractivity contribution in [2.24, 2.45) is 0 Å². The highest BCUT2D eigenvalue weighted by atomic mass is 16.4. The zero-order valence-electron chi connectivity index (χ0n) is 11.7. The maximum atomic E-state index is 12.0. The van der Waals surface area contributed by atoms with Crippen molar-refractivity contribution >= 4 is 17.7 Å². The number of carboxylic acids is 1. The van der Waals surface area contributed by atoms with Crippen molar-refractivity contribution in [2.75, 3.05) is 19.0 Å². The molecule has 0 radical (unpaired) electrons. The molecule has 2 aromatic heterocycles. The third kappa shape index (κ3) is 3.59. The van der Waals surface area contributed by atoms with E-state index in [1.807, 2.05) is 14.1 Å². The van der Waals surface area contributed by atoms with E-state index < -0.39 is 5.97 Å². The van der Waals surface area contributed by atoms with Crippen LogP contribution in [0.4, 0.5) is 5.82 Å². The van der Waals surface area contributed by atoms with E-state index in [2.05, 4.69) is 10.3 Å². The molecule has 7 nitrogen and oxygen atoms in total. The van der Waals surface area contributed by atoms with Crippen LogP contribution in [0.5, 0.6) is 0 Å². The number of pyridine rings is 1. The Balaban J connectivity index is 2.01. The summed E-state index contributed by atoms with van der Waals surface area (Å²) in [5, 5.41) is 11.4. The van der Waals surface area contributed by atoms with E-state index in [0.29, 0.717) is 17.1 Å². The molecule has 2 N–H and O–H groups in total. The fourth-order valence-electron chi connectivity index (χ4n) is 1.66. The van der Waals surface area contributed by atoms with Gasteiger partial charge in [-0.25, -0.2) is 9.78 Å². The molecule has 0 atom stereocenters. The predicted molar refractivity (Wildman–Crippen MR) is 75.4 cm³/mol. The van der Waals surface area contributed by atoms with Crippen LogP contribution in [-0.2, 0) is 6.54 Å². The first-order valence-electron chi connectivity index (χ1n) is 6.21. The fourth-order valence-corrected chi connectivity index (χ4v) is 1.66. The number of aromatic carboxylic acids is 1. The molecule has 2 aromatic rings. The number of nitrogens with one attached hydrogen (secondary N) is 1. The minimum Gasteiger partial charge on any atom is -0.475 e. The molecule has 2 rings (SSSR count). The van der Waals surface area contributed by atoms with Gasteiger partial charge in [0.1, 0.15) is 11.6 Å². The molecule has 0 aliphatic rings. The summed E-state index contributed by atoms with van der Waals surface area (Å²) in [4.78, 5) is 28.6. The Kier molecular flexibility index (Phi) is 4.22. The topological polar surface area (TPSA) is 95.7 Å². The molecule has 0 spiro atoms. The second-order valence-electron chi connectivity index (χ2n) is 4.55. The Morgan fingerprint density at radius 1 is 1.33 bits per heavy atom. The van der Waals surface area contributed by atoms with Crippen LogP contribution in [0.2, 0.25) is 0 Å². The van der Waals surface area contributed by atoms with Gasteiger partial charge in [0.15, 0.2) is 0 Å². The molecule has 0 aromatic carbocycles. The molecule has 0 aliphatic carbocycles. The summed E-state index contributed by atoms with van der Waals surface area (Å²) in [6, 6.07) is 6.13. The Labute approximate surface area is 121 Å². The second-order valence-corrected chi connectivity index (χ2v) is 4.55. The summed E-state index contributed by atoms with van der Waals surface area (Å²) in [5.74, 6) is -0.527. The first-order chi connectivity index (χ1) is 9.97. The smallest absolute Gasteiger partial charge is 0.371 e. The quantitative estimate of drug-likeness (QED) is 0.863. The van der Waals surface area contributed by atoms with Crippen LogP contribution in [0.25, 0.3) is 0 Å². The number of aromatic nitrogens is 1. The molecule has 0 saturated carbocycles. The summed E-state index contributed by atoms with van der Waals surface area (Å²) in [6.45, 7) is 0.117. The number of rotatable bonds is 5. The van der Waals surface area contributed by atoms with Crippen LogP contribution in [0.3, 0.4) is 0 Å². The van der Waals surface area contributed by atoms with Gasteiger partial charge in [-0.1, -0.05) is 0 Å². The van der Waals surface area contributed by atoms with Crippen LogP contribution in [0, 0.1) is 0 Å². The Hall–Kier alpha value is -2.83. The first kappa shape index (κ1) is 14.6. The number of hydrogen-bond acceptors (Lipinski definition) is 5. The van der Waals surface area contributed by atoms with E-state index in [9.17, 15) is 9.59 Å². The van der Waals surface area contributed by atoms with Gasteiger partial charge >= 0.3 is 5.97 Å². The molecule has 1 amide bonds. The number of nitrogens with zero attached hydrogens (tertiary/aromatic N) is 2. The van der Waals surface area contributed by atoms with Crippen LogP contribution < -0.4 is 10.2 Å². The summed E-state index contributed by atoms with van der Waals surface area (Å²) in [5.41, 5.74) is 0.471. The Morgan fingerprint density at radius 3 is 2.71 bits per heavy atom. The zero-order chi connectivity index (χ0) is 15.4. The van der Waals surface area contributed by atoms with E-state index in [4.69, 9.17) is 9.52 Å². The van der Waals surface area contributed by atoms with E-state index in [-0.39, 0.29) is 18.2 Å². The number of anilines is 1. The molecule has 7 heteroatoms. The molecule has 0 bridgehead atoms. The van der Waals surface area contributed by atoms with Gasteiger partial charge in [0.25, 0.3) is 5.91 Å².